The number of likely N-dealkylation sites (N-methyl/N-ethyl adjacent to an activating group) is 1. The van der Waals surface area contributed by atoms with Crippen LogP contribution in [-0.4, -0.2) is 29.4 Å². The lowest BCUT2D eigenvalue weighted by atomic mass is 10.1. The van der Waals surface area contributed by atoms with Crippen molar-refractivity contribution in [2.45, 2.75) is 19.3 Å². The Bertz CT molecular complexity index is 861. The lowest BCUT2D eigenvalue weighted by molar-refractivity contribution is -0.129. The standard InChI is InChI=1S/C21H21FN2O2/c1-24(15-13-16-6-4-5-14-23-16)21(25)12-10-17-9-11-20(26-17)18-7-2-3-8-19(18)22/h2-9,11,14H,10,12-13,15H2,1H3. The maximum atomic E-state index is 13.8. The highest BCUT2D eigenvalue weighted by Crippen LogP contribution is 2.25. The van der Waals surface area contributed by atoms with Gasteiger partial charge in [-0.1, -0.05) is 18.2 Å². The molecule has 3 aromatic rings. The molecule has 2 aromatic heterocycles. The van der Waals surface area contributed by atoms with E-state index in [1.54, 1.807) is 48.5 Å². The Kier molecular flexibility index (Phi) is 5.79. The maximum absolute atomic E-state index is 13.8. The highest BCUT2D eigenvalue weighted by atomic mass is 19.1. The van der Waals surface area contributed by atoms with Gasteiger partial charge in [-0.25, -0.2) is 4.39 Å². The number of benzene rings is 1. The van der Waals surface area contributed by atoms with Gasteiger partial charge in [0.05, 0.1) is 5.56 Å². The number of furan rings is 1. The smallest absolute Gasteiger partial charge is 0.222 e. The van der Waals surface area contributed by atoms with Crippen molar-refractivity contribution in [3.8, 4) is 11.3 Å². The van der Waals surface area contributed by atoms with Gasteiger partial charge in [0, 0.05) is 44.7 Å². The van der Waals surface area contributed by atoms with Crippen molar-refractivity contribution >= 4 is 5.91 Å². The molecule has 134 valence electrons. The summed E-state index contributed by atoms with van der Waals surface area (Å²) in [6.07, 6.45) is 3.31. The molecule has 0 bridgehead atoms. The number of halogens is 1. The summed E-state index contributed by atoms with van der Waals surface area (Å²) in [6, 6.07) is 15.8. The van der Waals surface area contributed by atoms with Crippen LogP contribution in [0.25, 0.3) is 11.3 Å². The number of amides is 1. The predicted octanol–water partition coefficient (Wildman–Crippen LogP) is 4.11. The van der Waals surface area contributed by atoms with Crippen LogP contribution in [0.5, 0.6) is 0 Å². The summed E-state index contributed by atoms with van der Waals surface area (Å²) in [5.41, 5.74) is 1.39. The summed E-state index contributed by atoms with van der Waals surface area (Å²) < 4.78 is 19.5. The van der Waals surface area contributed by atoms with Crippen LogP contribution in [0.1, 0.15) is 17.9 Å². The summed E-state index contributed by atoms with van der Waals surface area (Å²) in [6.45, 7) is 0.620. The lowest BCUT2D eigenvalue weighted by Crippen LogP contribution is -2.29. The second-order valence-corrected chi connectivity index (χ2v) is 6.13. The zero-order valence-electron chi connectivity index (χ0n) is 14.7. The fourth-order valence-corrected chi connectivity index (χ4v) is 2.69. The fourth-order valence-electron chi connectivity index (χ4n) is 2.69. The molecule has 0 spiro atoms. The maximum Gasteiger partial charge on any atom is 0.222 e. The Morgan fingerprint density at radius 2 is 1.88 bits per heavy atom. The van der Waals surface area contributed by atoms with Crippen LogP contribution in [0.4, 0.5) is 4.39 Å². The summed E-state index contributed by atoms with van der Waals surface area (Å²) in [5, 5.41) is 0. The highest BCUT2D eigenvalue weighted by molar-refractivity contribution is 5.76. The highest BCUT2D eigenvalue weighted by Gasteiger charge is 2.13. The van der Waals surface area contributed by atoms with Gasteiger partial charge >= 0.3 is 0 Å². The van der Waals surface area contributed by atoms with Crippen LogP contribution < -0.4 is 0 Å². The third-order valence-corrected chi connectivity index (χ3v) is 4.24. The van der Waals surface area contributed by atoms with E-state index < -0.39 is 0 Å². The molecule has 3 rings (SSSR count). The molecule has 4 nitrogen and oxygen atoms in total. The Hall–Kier alpha value is -2.95. The van der Waals surface area contributed by atoms with Crippen LogP contribution in [0.3, 0.4) is 0 Å². The molecule has 0 N–H and O–H groups in total. The van der Waals surface area contributed by atoms with Gasteiger partial charge in [0.25, 0.3) is 0 Å². The number of hydrogen-bond donors (Lipinski definition) is 0. The zero-order chi connectivity index (χ0) is 18.4. The summed E-state index contributed by atoms with van der Waals surface area (Å²) in [7, 11) is 1.79. The van der Waals surface area contributed by atoms with Crippen molar-refractivity contribution in [2.24, 2.45) is 0 Å². The molecule has 0 fully saturated rings. The van der Waals surface area contributed by atoms with Crippen LogP contribution in [0, 0.1) is 5.82 Å². The first kappa shape index (κ1) is 17.9. The van der Waals surface area contributed by atoms with E-state index in [-0.39, 0.29) is 11.7 Å². The fraction of sp³-hybridized carbons (Fsp3) is 0.238. The second-order valence-electron chi connectivity index (χ2n) is 6.13. The first-order chi connectivity index (χ1) is 12.6. The molecular weight excluding hydrogens is 331 g/mol. The zero-order valence-corrected chi connectivity index (χ0v) is 14.7. The quantitative estimate of drug-likeness (QED) is 0.643. The van der Waals surface area contributed by atoms with Crippen molar-refractivity contribution in [2.75, 3.05) is 13.6 Å². The largest absolute Gasteiger partial charge is 0.461 e. The lowest BCUT2D eigenvalue weighted by Gasteiger charge is -2.16. The number of aryl methyl sites for hydroxylation is 1. The van der Waals surface area contributed by atoms with Crippen LogP contribution in [0.15, 0.2) is 65.2 Å². The number of nitrogens with zero attached hydrogens (tertiary/aromatic N) is 2. The van der Waals surface area contributed by atoms with E-state index in [9.17, 15) is 9.18 Å². The second kappa shape index (κ2) is 8.43. The number of aromatic nitrogens is 1. The van der Waals surface area contributed by atoms with Gasteiger partial charge < -0.3 is 9.32 Å². The number of carbonyl (C=O) groups is 1. The molecule has 0 aliphatic heterocycles. The minimum absolute atomic E-state index is 0.0461. The Morgan fingerprint density at radius 1 is 1.08 bits per heavy atom. The van der Waals surface area contributed by atoms with Crippen molar-refractivity contribution < 1.29 is 13.6 Å². The van der Waals surface area contributed by atoms with E-state index in [1.165, 1.54) is 6.07 Å². The summed E-state index contributed by atoms with van der Waals surface area (Å²) in [5.74, 6) is 0.882. The van der Waals surface area contributed by atoms with E-state index in [1.807, 2.05) is 18.2 Å². The molecule has 0 aliphatic rings. The summed E-state index contributed by atoms with van der Waals surface area (Å²) in [4.78, 5) is 18.2. The first-order valence-corrected chi connectivity index (χ1v) is 8.61. The van der Waals surface area contributed by atoms with Gasteiger partial charge in [-0.05, 0) is 36.4 Å². The Balaban J connectivity index is 1.51. The van der Waals surface area contributed by atoms with E-state index in [0.717, 1.165) is 12.1 Å². The van der Waals surface area contributed by atoms with Crippen molar-refractivity contribution in [1.29, 1.82) is 0 Å². The van der Waals surface area contributed by atoms with Gasteiger partial charge in [-0.15, -0.1) is 0 Å². The van der Waals surface area contributed by atoms with Crippen molar-refractivity contribution in [1.82, 2.24) is 9.88 Å². The molecule has 1 aromatic carbocycles. The molecule has 0 saturated carbocycles. The Labute approximate surface area is 152 Å². The van der Waals surface area contributed by atoms with Gasteiger partial charge in [0.1, 0.15) is 17.3 Å². The third kappa shape index (κ3) is 4.57. The molecule has 0 radical (unpaired) electrons. The van der Waals surface area contributed by atoms with E-state index >= 15 is 0 Å². The minimum Gasteiger partial charge on any atom is -0.461 e. The van der Waals surface area contributed by atoms with Crippen molar-refractivity contribution in [3.05, 3.63) is 78.1 Å². The number of hydrogen-bond acceptors (Lipinski definition) is 3. The van der Waals surface area contributed by atoms with Gasteiger partial charge in [-0.3, -0.25) is 9.78 Å². The van der Waals surface area contributed by atoms with Gasteiger partial charge in [0.15, 0.2) is 0 Å². The number of rotatable bonds is 7. The van der Waals surface area contributed by atoms with Gasteiger partial charge in [0.2, 0.25) is 5.91 Å². The summed E-state index contributed by atoms with van der Waals surface area (Å²) >= 11 is 0. The van der Waals surface area contributed by atoms with Crippen LogP contribution in [-0.2, 0) is 17.6 Å². The van der Waals surface area contributed by atoms with Gasteiger partial charge in [-0.2, -0.15) is 0 Å². The molecule has 0 saturated heterocycles. The molecule has 2 heterocycles. The molecule has 0 unspecified atom stereocenters. The average molecular weight is 352 g/mol. The Morgan fingerprint density at radius 3 is 2.65 bits per heavy atom. The van der Waals surface area contributed by atoms with Crippen molar-refractivity contribution in [3.63, 3.8) is 0 Å². The molecule has 1 amide bonds. The molecule has 26 heavy (non-hydrogen) atoms. The molecule has 0 atom stereocenters. The molecule has 0 aliphatic carbocycles. The van der Waals surface area contributed by atoms with E-state index in [2.05, 4.69) is 4.98 Å². The number of pyridine rings is 1. The van der Waals surface area contributed by atoms with Crippen LogP contribution in [0.2, 0.25) is 0 Å². The normalized spacial score (nSPS) is 10.7. The average Bonchev–Trinajstić information content (AvgIpc) is 3.14. The monoisotopic (exact) mass is 352 g/mol. The van der Waals surface area contributed by atoms with Crippen LogP contribution >= 0.6 is 0 Å². The number of carbonyl (C=O) groups excluding carboxylic acids is 1. The molecule has 5 heteroatoms. The predicted molar refractivity (Wildman–Crippen MR) is 98.0 cm³/mol. The minimum atomic E-state index is -0.321. The molecular formula is C21H21FN2O2. The topological polar surface area (TPSA) is 46.3 Å². The SMILES string of the molecule is CN(CCc1ccccn1)C(=O)CCc1ccc(-c2ccccc2F)o1. The first-order valence-electron chi connectivity index (χ1n) is 8.61. The van der Waals surface area contributed by atoms with E-state index in [0.29, 0.717) is 36.5 Å². The third-order valence-electron chi connectivity index (χ3n) is 4.24. The van der Waals surface area contributed by atoms with E-state index in [4.69, 9.17) is 4.42 Å².